The molecule has 0 spiro atoms. The average Bonchev–Trinajstić information content (AvgIpc) is 2.00. The van der Waals surface area contributed by atoms with Crippen LogP contribution in [0.3, 0.4) is 0 Å². The van der Waals surface area contributed by atoms with Gasteiger partial charge in [-0.05, 0) is 19.8 Å². The molecule has 0 heterocycles. The Balaban J connectivity index is 3.27. The summed E-state index contributed by atoms with van der Waals surface area (Å²) in [5.41, 5.74) is 0.00172. The molecule has 0 aromatic carbocycles. The van der Waals surface area contributed by atoms with Gasteiger partial charge in [0.15, 0.2) is 6.29 Å². The van der Waals surface area contributed by atoms with Crippen molar-refractivity contribution >= 4 is 12.6 Å². The van der Waals surface area contributed by atoms with Crippen molar-refractivity contribution in [2.75, 3.05) is 6.61 Å². The summed E-state index contributed by atoms with van der Waals surface area (Å²) >= 11 is 4.19. The predicted molar refractivity (Wildman–Crippen MR) is 49.9 cm³/mol. The van der Waals surface area contributed by atoms with Crippen molar-refractivity contribution in [3.05, 3.63) is 0 Å². The highest BCUT2D eigenvalue weighted by atomic mass is 32.1. The third-order valence-electron chi connectivity index (χ3n) is 1.25. The molecule has 0 aromatic heterocycles. The van der Waals surface area contributed by atoms with E-state index in [0.717, 1.165) is 19.4 Å². The third-order valence-corrected chi connectivity index (χ3v) is 1.74. The molecule has 11 heavy (non-hydrogen) atoms. The summed E-state index contributed by atoms with van der Waals surface area (Å²) in [7, 11) is 0. The number of hydrogen-bond donors (Lipinski definition) is 1. The normalized spacial score (nSPS) is 16.4. The molecule has 0 radical (unpaired) electrons. The molecule has 0 aliphatic rings. The first-order valence-electron chi connectivity index (χ1n) is 4.15. The van der Waals surface area contributed by atoms with Gasteiger partial charge in [-0.1, -0.05) is 13.8 Å². The minimum Gasteiger partial charge on any atom is -0.353 e. The van der Waals surface area contributed by atoms with Gasteiger partial charge >= 0.3 is 0 Å². The number of ether oxygens (including phenoxy) is 2. The second-order valence-corrected chi connectivity index (χ2v) is 3.01. The molecule has 2 atom stereocenters. The van der Waals surface area contributed by atoms with Crippen molar-refractivity contribution in [2.24, 2.45) is 0 Å². The van der Waals surface area contributed by atoms with Gasteiger partial charge in [-0.25, -0.2) is 0 Å². The van der Waals surface area contributed by atoms with E-state index in [0.29, 0.717) is 0 Å². The molecular weight excluding hydrogens is 160 g/mol. The summed E-state index contributed by atoms with van der Waals surface area (Å²) in [4.78, 5) is 0. The van der Waals surface area contributed by atoms with E-state index in [1.807, 2.05) is 13.8 Å². The highest BCUT2D eigenvalue weighted by Crippen LogP contribution is 2.07. The zero-order valence-electron chi connectivity index (χ0n) is 7.54. The largest absolute Gasteiger partial charge is 0.353 e. The third kappa shape index (κ3) is 6.66. The van der Waals surface area contributed by atoms with E-state index in [2.05, 4.69) is 19.6 Å². The fourth-order valence-electron chi connectivity index (χ4n) is 0.641. The minimum absolute atomic E-state index is 0.00172. The molecule has 0 aliphatic carbocycles. The lowest BCUT2D eigenvalue weighted by Gasteiger charge is -2.17. The van der Waals surface area contributed by atoms with Crippen LogP contribution in [0.1, 0.15) is 33.6 Å². The van der Waals surface area contributed by atoms with Crippen LogP contribution in [0.4, 0.5) is 0 Å². The van der Waals surface area contributed by atoms with Crippen molar-refractivity contribution in [3.8, 4) is 0 Å². The van der Waals surface area contributed by atoms with Crippen LogP contribution in [0.2, 0.25) is 0 Å². The van der Waals surface area contributed by atoms with Crippen molar-refractivity contribution in [3.63, 3.8) is 0 Å². The van der Waals surface area contributed by atoms with Crippen LogP contribution in [0, 0.1) is 0 Å². The quantitative estimate of drug-likeness (QED) is 0.497. The molecule has 0 rings (SSSR count). The Morgan fingerprint density at radius 2 is 2.00 bits per heavy atom. The van der Waals surface area contributed by atoms with E-state index in [9.17, 15) is 0 Å². The summed E-state index contributed by atoms with van der Waals surface area (Å²) in [6, 6.07) is 0. The maximum atomic E-state index is 5.34. The second kappa shape index (κ2) is 6.95. The summed E-state index contributed by atoms with van der Waals surface area (Å²) in [6.07, 6.45) is 1.80. The van der Waals surface area contributed by atoms with Crippen LogP contribution >= 0.6 is 12.6 Å². The lowest BCUT2D eigenvalue weighted by Crippen LogP contribution is -2.18. The van der Waals surface area contributed by atoms with E-state index >= 15 is 0 Å². The zero-order valence-corrected chi connectivity index (χ0v) is 8.43. The van der Waals surface area contributed by atoms with Crippen LogP contribution in [-0.2, 0) is 9.47 Å². The van der Waals surface area contributed by atoms with Gasteiger partial charge in [-0.2, -0.15) is 0 Å². The minimum atomic E-state index is -0.127. The Labute approximate surface area is 74.7 Å². The van der Waals surface area contributed by atoms with E-state index < -0.39 is 0 Å². The number of rotatable bonds is 6. The lowest BCUT2D eigenvalue weighted by atomic mass is 10.5. The summed E-state index contributed by atoms with van der Waals surface area (Å²) in [5, 5.41) is 0. The Kier molecular flexibility index (Phi) is 7.12. The van der Waals surface area contributed by atoms with Gasteiger partial charge in [0.05, 0.1) is 0 Å². The molecule has 0 fully saturated rings. The molecule has 0 aliphatic heterocycles. The number of thiol groups is 1. The molecule has 2 nitrogen and oxygen atoms in total. The van der Waals surface area contributed by atoms with Gasteiger partial charge in [0, 0.05) is 6.61 Å². The lowest BCUT2D eigenvalue weighted by molar-refractivity contribution is -0.138. The van der Waals surface area contributed by atoms with Gasteiger partial charge in [0.1, 0.15) is 5.44 Å². The van der Waals surface area contributed by atoms with Gasteiger partial charge in [-0.3, -0.25) is 0 Å². The van der Waals surface area contributed by atoms with Gasteiger partial charge in [0.2, 0.25) is 0 Å². The second-order valence-electron chi connectivity index (χ2n) is 2.44. The fraction of sp³-hybridized carbons (Fsp3) is 1.00. The van der Waals surface area contributed by atoms with E-state index in [1.54, 1.807) is 0 Å². The first-order chi connectivity index (χ1) is 5.20. The SMILES string of the molecule is CCCOC(C)OC(S)CC. The van der Waals surface area contributed by atoms with Gasteiger partial charge in [0.25, 0.3) is 0 Å². The molecule has 0 aromatic rings. The summed E-state index contributed by atoms with van der Waals surface area (Å²) in [6.45, 7) is 6.76. The fourth-order valence-corrected chi connectivity index (χ4v) is 0.812. The Hall–Kier alpha value is 0.270. The van der Waals surface area contributed by atoms with Crippen molar-refractivity contribution in [1.29, 1.82) is 0 Å². The van der Waals surface area contributed by atoms with Crippen LogP contribution in [0.15, 0.2) is 0 Å². The van der Waals surface area contributed by atoms with Crippen LogP contribution in [0.25, 0.3) is 0 Å². The van der Waals surface area contributed by atoms with Crippen molar-refractivity contribution in [2.45, 2.75) is 45.3 Å². The number of hydrogen-bond acceptors (Lipinski definition) is 3. The first-order valence-corrected chi connectivity index (χ1v) is 4.67. The predicted octanol–water partition coefficient (Wildman–Crippen LogP) is 2.44. The maximum Gasteiger partial charge on any atom is 0.156 e. The Bertz CT molecular complexity index is 88.2. The van der Waals surface area contributed by atoms with Crippen LogP contribution in [0.5, 0.6) is 0 Å². The standard InChI is InChI=1S/C8H18O2S/c1-4-6-9-7(3)10-8(11)5-2/h7-8,11H,4-6H2,1-3H3. The smallest absolute Gasteiger partial charge is 0.156 e. The topological polar surface area (TPSA) is 18.5 Å². The van der Waals surface area contributed by atoms with E-state index in [-0.39, 0.29) is 11.7 Å². The highest BCUT2D eigenvalue weighted by Gasteiger charge is 2.05. The maximum absolute atomic E-state index is 5.34. The molecule has 2 unspecified atom stereocenters. The molecule has 0 amide bonds. The molecule has 0 saturated carbocycles. The van der Waals surface area contributed by atoms with Crippen molar-refractivity contribution < 1.29 is 9.47 Å². The summed E-state index contributed by atoms with van der Waals surface area (Å²) < 4.78 is 10.6. The Morgan fingerprint density at radius 1 is 1.36 bits per heavy atom. The average molecular weight is 178 g/mol. The summed E-state index contributed by atoms with van der Waals surface area (Å²) in [5.74, 6) is 0. The molecular formula is C8H18O2S. The van der Waals surface area contributed by atoms with Crippen LogP contribution in [-0.4, -0.2) is 18.3 Å². The first kappa shape index (κ1) is 11.3. The van der Waals surface area contributed by atoms with Gasteiger partial charge in [-0.15, -0.1) is 12.6 Å². The highest BCUT2D eigenvalue weighted by molar-refractivity contribution is 7.80. The van der Waals surface area contributed by atoms with E-state index in [4.69, 9.17) is 9.47 Å². The molecule has 0 N–H and O–H groups in total. The monoisotopic (exact) mass is 178 g/mol. The van der Waals surface area contributed by atoms with Gasteiger partial charge < -0.3 is 9.47 Å². The van der Waals surface area contributed by atoms with Crippen molar-refractivity contribution in [1.82, 2.24) is 0 Å². The molecule has 0 saturated heterocycles. The zero-order chi connectivity index (χ0) is 8.69. The molecule has 3 heteroatoms. The Morgan fingerprint density at radius 3 is 2.45 bits per heavy atom. The molecule has 0 bridgehead atoms. The van der Waals surface area contributed by atoms with E-state index in [1.165, 1.54) is 0 Å². The molecule has 68 valence electrons. The van der Waals surface area contributed by atoms with Crippen LogP contribution < -0.4 is 0 Å².